The van der Waals surface area contributed by atoms with Gasteiger partial charge in [-0.2, -0.15) is 0 Å². The van der Waals surface area contributed by atoms with Gasteiger partial charge in [-0.25, -0.2) is 0 Å². The molecule has 2 aromatic carbocycles. The number of benzene rings is 2. The van der Waals surface area contributed by atoms with E-state index in [-0.39, 0.29) is 6.04 Å². The van der Waals surface area contributed by atoms with Crippen molar-refractivity contribution in [1.29, 1.82) is 0 Å². The van der Waals surface area contributed by atoms with E-state index in [0.29, 0.717) is 0 Å². The largest absolute Gasteiger partial charge is 0.497 e. The van der Waals surface area contributed by atoms with Gasteiger partial charge in [0, 0.05) is 15.8 Å². The van der Waals surface area contributed by atoms with E-state index in [2.05, 4.69) is 44.2 Å². The molecule has 0 aliphatic carbocycles. The highest BCUT2D eigenvalue weighted by molar-refractivity contribution is 7.99. The van der Waals surface area contributed by atoms with Gasteiger partial charge in [-0.1, -0.05) is 36.4 Å². The van der Waals surface area contributed by atoms with Crippen LogP contribution in [0.1, 0.15) is 24.5 Å². The summed E-state index contributed by atoms with van der Waals surface area (Å²) in [6.45, 7) is 4.26. The van der Waals surface area contributed by atoms with Crippen molar-refractivity contribution in [3.63, 3.8) is 0 Å². The quantitative estimate of drug-likeness (QED) is 0.857. The number of rotatable bonds is 6. The van der Waals surface area contributed by atoms with Crippen molar-refractivity contribution in [2.24, 2.45) is 5.73 Å². The Morgan fingerprint density at radius 2 is 1.86 bits per heavy atom. The first kappa shape index (κ1) is 15.9. The molecule has 0 bridgehead atoms. The monoisotopic (exact) mass is 301 g/mol. The summed E-state index contributed by atoms with van der Waals surface area (Å²) in [5, 5.41) is 0. The molecule has 1 atom stereocenters. The molecule has 112 valence electrons. The first-order valence-electron chi connectivity index (χ1n) is 7.29. The lowest BCUT2D eigenvalue weighted by Gasteiger charge is -2.14. The summed E-state index contributed by atoms with van der Waals surface area (Å²) >= 11 is 1.78. The van der Waals surface area contributed by atoms with E-state index in [1.54, 1.807) is 18.9 Å². The highest BCUT2D eigenvalue weighted by Gasteiger charge is 2.09. The molecule has 0 fully saturated rings. The molecule has 0 aromatic heterocycles. The second kappa shape index (κ2) is 7.53. The lowest BCUT2D eigenvalue weighted by molar-refractivity contribution is 0.414. The van der Waals surface area contributed by atoms with Crippen molar-refractivity contribution in [1.82, 2.24) is 0 Å². The second-order valence-corrected chi connectivity index (χ2v) is 6.38. The van der Waals surface area contributed by atoms with Crippen molar-refractivity contribution in [3.8, 4) is 5.75 Å². The molecule has 2 N–H and O–H groups in total. The molecule has 2 rings (SSSR count). The Bertz CT molecular complexity index is 580. The van der Waals surface area contributed by atoms with Gasteiger partial charge in [0.15, 0.2) is 0 Å². The summed E-state index contributed by atoms with van der Waals surface area (Å²) < 4.78 is 5.20. The third kappa shape index (κ3) is 4.51. The van der Waals surface area contributed by atoms with Crippen LogP contribution in [-0.4, -0.2) is 13.2 Å². The number of aryl methyl sites for hydroxylation is 1. The van der Waals surface area contributed by atoms with Crippen molar-refractivity contribution < 1.29 is 4.74 Å². The van der Waals surface area contributed by atoms with Crippen LogP contribution in [0.15, 0.2) is 52.3 Å². The van der Waals surface area contributed by atoms with Crippen molar-refractivity contribution in [3.05, 3.63) is 53.6 Å². The zero-order valence-corrected chi connectivity index (χ0v) is 13.7. The maximum absolute atomic E-state index is 6.13. The molecule has 0 aliphatic rings. The third-order valence-corrected chi connectivity index (χ3v) is 4.64. The van der Waals surface area contributed by atoms with Crippen LogP contribution in [0, 0.1) is 6.92 Å². The van der Waals surface area contributed by atoms with E-state index in [1.165, 1.54) is 20.9 Å². The molecule has 3 heteroatoms. The number of nitrogens with two attached hydrogens (primary N) is 1. The SMILES string of the molecule is CCC(N)Cc1cc(C)ccc1Sc1ccc(OC)cc1. The number of methoxy groups -OCH3 is 1. The van der Waals surface area contributed by atoms with E-state index in [0.717, 1.165) is 18.6 Å². The Morgan fingerprint density at radius 1 is 1.14 bits per heavy atom. The fourth-order valence-electron chi connectivity index (χ4n) is 2.16. The highest BCUT2D eigenvalue weighted by atomic mass is 32.2. The molecular weight excluding hydrogens is 278 g/mol. The van der Waals surface area contributed by atoms with Crippen molar-refractivity contribution in [2.45, 2.75) is 42.5 Å². The van der Waals surface area contributed by atoms with Crippen LogP contribution in [0.25, 0.3) is 0 Å². The number of hydrogen-bond acceptors (Lipinski definition) is 3. The van der Waals surface area contributed by atoms with Crippen LogP contribution >= 0.6 is 11.8 Å². The van der Waals surface area contributed by atoms with Gasteiger partial charge >= 0.3 is 0 Å². The Kier molecular flexibility index (Phi) is 5.71. The van der Waals surface area contributed by atoms with Crippen LogP contribution in [0.4, 0.5) is 0 Å². The summed E-state index contributed by atoms with van der Waals surface area (Å²) in [6.07, 6.45) is 1.93. The van der Waals surface area contributed by atoms with E-state index >= 15 is 0 Å². The molecule has 21 heavy (non-hydrogen) atoms. The van der Waals surface area contributed by atoms with E-state index < -0.39 is 0 Å². The Labute approximate surface area is 131 Å². The Balaban J connectivity index is 2.21. The summed E-state index contributed by atoms with van der Waals surface area (Å²) in [6, 6.07) is 15.0. The van der Waals surface area contributed by atoms with Crippen LogP contribution in [0.3, 0.4) is 0 Å². The Hall–Kier alpha value is -1.45. The van der Waals surface area contributed by atoms with Crippen LogP contribution in [0.5, 0.6) is 5.75 Å². The molecule has 0 radical (unpaired) electrons. The minimum atomic E-state index is 0.224. The van der Waals surface area contributed by atoms with E-state index in [9.17, 15) is 0 Å². The molecule has 0 saturated carbocycles. The number of hydrogen-bond donors (Lipinski definition) is 1. The predicted molar refractivity (Wildman–Crippen MR) is 90.3 cm³/mol. The summed E-state index contributed by atoms with van der Waals surface area (Å²) in [5.41, 5.74) is 8.75. The minimum absolute atomic E-state index is 0.224. The van der Waals surface area contributed by atoms with Crippen molar-refractivity contribution >= 4 is 11.8 Å². The number of ether oxygens (including phenoxy) is 1. The molecular formula is C18H23NOS. The van der Waals surface area contributed by atoms with Gasteiger partial charge in [-0.3, -0.25) is 0 Å². The lowest BCUT2D eigenvalue weighted by Crippen LogP contribution is -2.21. The van der Waals surface area contributed by atoms with E-state index in [4.69, 9.17) is 10.5 Å². The van der Waals surface area contributed by atoms with Crippen LogP contribution in [0.2, 0.25) is 0 Å². The maximum atomic E-state index is 6.13. The maximum Gasteiger partial charge on any atom is 0.118 e. The fraction of sp³-hybridized carbons (Fsp3) is 0.333. The van der Waals surface area contributed by atoms with E-state index in [1.807, 2.05) is 12.1 Å². The minimum Gasteiger partial charge on any atom is -0.497 e. The van der Waals surface area contributed by atoms with Crippen LogP contribution in [-0.2, 0) is 6.42 Å². The zero-order chi connectivity index (χ0) is 15.2. The molecule has 0 heterocycles. The van der Waals surface area contributed by atoms with Gasteiger partial charge in [0.1, 0.15) is 5.75 Å². The van der Waals surface area contributed by atoms with Crippen molar-refractivity contribution in [2.75, 3.05) is 7.11 Å². The standard InChI is InChI=1S/C18H23NOS/c1-4-15(19)12-14-11-13(2)5-10-18(14)21-17-8-6-16(20-3)7-9-17/h5-11,15H,4,12,19H2,1-3H3. The predicted octanol–water partition coefficient (Wildman–Crippen LogP) is 4.43. The third-order valence-electron chi connectivity index (χ3n) is 3.51. The average Bonchev–Trinajstić information content (AvgIpc) is 2.50. The molecule has 2 aromatic rings. The average molecular weight is 301 g/mol. The van der Waals surface area contributed by atoms with Gasteiger partial charge < -0.3 is 10.5 Å². The molecule has 0 amide bonds. The second-order valence-electron chi connectivity index (χ2n) is 5.26. The molecule has 1 unspecified atom stereocenters. The highest BCUT2D eigenvalue weighted by Crippen LogP contribution is 2.32. The van der Waals surface area contributed by atoms with Gasteiger partial charge in [0.2, 0.25) is 0 Å². The molecule has 0 saturated heterocycles. The van der Waals surface area contributed by atoms with Gasteiger partial charge in [-0.05, 0) is 55.7 Å². The Morgan fingerprint density at radius 3 is 2.48 bits per heavy atom. The van der Waals surface area contributed by atoms with Gasteiger partial charge in [-0.15, -0.1) is 0 Å². The normalized spacial score (nSPS) is 12.2. The zero-order valence-electron chi connectivity index (χ0n) is 12.9. The summed E-state index contributed by atoms with van der Waals surface area (Å²) in [4.78, 5) is 2.50. The summed E-state index contributed by atoms with van der Waals surface area (Å²) in [5.74, 6) is 0.886. The topological polar surface area (TPSA) is 35.2 Å². The van der Waals surface area contributed by atoms with Gasteiger partial charge in [0.05, 0.1) is 7.11 Å². The molecule has 0 spiro atoms. The first-order chi connectivity index (χ1) is 10.1. The van der Waals surface area contributed by atoms with Gasteiger partial charge in [0.25, 0.3) is 0 Å². The molecule has 0 aliphatic heterocycles. The first-order valence-corrected chi connectivity index (χ1v) is 8.11. The fourth-order valence-corrected chi connectivity index (χ4v) is 3.10. The lowest BCUT2D eigenvalue weighted by atomic mass is 10.0. The molecule has 2 nitrogen and oxygen atoms in total. The van der Waals surface area contributed by atoms with Crippen LogP contribution < -0.4 is 10.5 Å². The summed E-state index contributed by atoms with van der Waals surface area (Å²) in [7, 11) is 1.69. The smallest absolute Gasteiger partial charge is 0.118 e.